The first-order chi connectivity index (χ1) is 8.98. The summed E-state index contributed by atoms with van der Waals surface area (Å²) >= 11 is 0. The van der Waals surface area contributed by atoms with Crippen LogP contribution in [-0.2, 0) is 12.7 Å². The van der Waals surface area contributed by atoms with Crippen LogP contribution in [0.15, 0.2) is 36.8 Å². The molecule has 0 atom stereocenters. The lowest BCUT2D eigenvalue weighted by atomic mass is 10.1. The number of H-pyrrole nitrogens is 1. The van der Waals surface area contributed by atoms with Gasteiger partial charge in [-0.05, 0) is 12.1 Å². The summed E-state index contributed by atoms with van der Waals surface area (Å²) in [5, 5.41) is 2.40. The number of carbonyl (C=O) groups excluding carboxylic acids is 1. The molecule has 7 heteroatoms. The van der Waals surface area contributed by atoms with Gasteiger partial charge in [0.15, 0.2) is 0 Å². The fraction of sp³-hybridized carbons (Fsp3) is 0.167. The van der Waals surface area contributed by atoms with Crippen molar-refractivity contribution >= 4 is 5.91 Å². The molecule has 2 rings (SSSR count). The molecule has 4 nitrogen and oxygen atoms in total. The Balaban J connectivity index is 2.15. The van der Waals surface area contributed by atoms with Gasteiger partial charge in [0.05, 0.1) is 29.7 Å². The zero-order valence-corrected chi connectivity index (χ0v) is 9.66. The summed E-state index contributed by atoms with van der Waals surface area (Å²) < 4.78 is 38.2. The largest absolute Gasteiger partial charge is 0.417 e. The van der Waals surface area contributed by atoms with Crippen molar-refractivity contribution in [2.75, 3.05) is 0 Å². The van der Waals surface area contributed by atoms with Crippen LogP contribution in [-0.4, -0.2) is 15.9 Å². The predicted octanol–water partition coefficient (Wildman–Crippen LogP) is 2.36. The van der Waals surface area contributed by atoms with Gasteiger partial charge in [-0.25, -0.2) is 4.98 Å². The fourth-order valence-electron chi connectivity index (χ4n) is 1.58. The van der Waals surface area contributed by atoms with Gasteiger partial charge in [0, 0.05) is 6.20 Å². The molecular weight excluding hydrogens is 259 g/mol. The van der Waals surface area contributed by atoms with Crippen LogP contribution in [0.25, 0.3) is 0 Å². The molecule has 2 aromatic rings. The minimum Gasteiger partial charge on any atom is -0.347 e. The standard InChI is InChI=1S/C12H10F3N3O/c13-12(14,15)10-4-2-1-3-9(10)11(19)17-6-8-5-16-7-18-8/h1-5,7H,6H2,(H,16,18)(H,17,19). The number of amides is 1. The van der Waals surface area contributed by atoms with Crippen LogP contribution in [0.3, 0.4) is 0 Å². The summed E-state index contributed by atoms with van der Waals surface area (Å²) in [5.41, 5.74) is -0.732. The first-order valence-corrected chi connectivity index (χ1v) is 5.40. The highest BCUT2D eigenvalue weighted by Gasteiger charge is 2.34. The molecule has 0 aliphatic rings. The van der Waals surface area contributed by atoms with Crippen LogP contribution in [0.2, 0.25) is 0 Å². The van der Waals surface area contributed by atoms with Crippen molar-refractivity contribution in [3.8, 4) is 0 Å². The number of nitrogens with zero attached hydrogens (tertiary/aromatic N) is 1. The molecule has 0 aliphatic carbocycles. The van der Waals surface area contributed by atoms with Gasteiger partial charge in [0.2, 0.25) is 0 Å². The van der Waals surface area contributed by atoms with Gasteiger partial charge in [-0.1, -0.05) is 12.1 Å². The van der Waals surface area contributed by atoms with Gasteiger partial charge in [-0.3, -0.25) is 4.79 Å². The van der Waals surface area contributed by atoms with Crippen molar-refractivity contribution in [3.63, 3.8) is 0 Å². The van der Waals surface area contributed by atoms with Crippen LogP contribution in [0, 0.1) is 0 Å². The van der Waals surface area contributed by atoms with Crippen molar-refractivity contribution < 1.29 is 18.0 Å². The number of hydrogen-bond donors (Lipinski definition) is 2. The van der Waals surface area contributed by atoms with E-state index in [1.807, 2.05) is 0 Å². The molecule has 0 saturated carbocycles. The van der Waals surface area contributed by atoms with E-state index in [1.165, 1.54) is 24.7 Å². The molecule has 1 aromatic heterocycles. The lowest BCUT2D eigenvalue weighted by Crippen LogP contribution is -2.26. The van der Waals surface area contributed by atoms with Crippen molar-refractivity contribution in [2.45, 2.75) is 12.7 Å². The minimum absolute atomic E-state index is 0.0883. The molecule has 0 unspecified atom stereocenters. The second-order valence-electron chi connectivity index (χ2n) is 3.80. The van der Waals surface area contributed by atoms with Crippen molar-refractivity contribution in [1.29, 1.82) is 0 Å². The number of aromatic amines is 1. The van der Waals surface area contributed by atoms with E-state index in [1.54, 1.807) is 0 Å². The Labute approximate surface area is 106 Å². The van der Waals surface area contributed by atoms with Crippen molar-refractivity contribution in [3.05, 3.63) is 53.6 Å². The lowest BCUT2D eigenvalue weighted by Gasteiger charge is -2.12. The second kappa shape index (κ2) is 5.13. The van der Waals surface area contributed by atoms with Gasteiger partial charge in [-0.15, -0.1) is 0 Å². The normalized spacial score (nSPS) is 11.3. The Kier molecular flexibility index (Phi) is 3.55. The fourth-order valence-corrected chi connectivity index (χ4v) is 1.58. The topological polar surface area (TPSA) is 57.8 Å². The van der Waals surface area contributed by atoms with Gasteiger partial charge in [-0.2, -0.15) is 13.2 Å². The Morgan fingerprint density at radius 1 is 1.32 bits per heavy atom. The molecule has 0 radical (unpaired) electrons. The quantitative estimate of drug-likeness (QED) is 0.898. The van der Waals surface area contributed by atoms with E-state index in [0.29, 0.717) is 5.69 Å². The highest BCUT2D eigenvalue weighted by Crippen LogP contribution is 2.31. The lowest BCUT2D eigenvalue weighted by molar-refractivity contribution is -0.137. The van der Waals surface area contributed by atoms with Gasteiger partial charge in [0.1, 0.15) is 0 Å². The van der Waals surface area contributed by atoms with E-state index in [2.05, 4.69) is 15.3 Å². The number of imidazole rings is 1. The van der Waals surface area contributed by atoms with Gasteiger partial charge >= 0.3 is 6.18 Å². The SMILES string of the molecule is O=C(NCc1cnc[nH]1)c1ccccc1C(F)(F)F. The molecule has 100 valence electrons. The summed E-state index contributed by atoms with van der Waals surface area (Å²) in [6.45, 7) is 0.0883. The number of aromatic nitrogens is 2. The molecule has 0 aliphatic heterocycles. The van der Waals surface area contributed by atoms with E-state index in [9.17, 15) is 18.0 Å². The molecule has 1 aromatic carbocycles. The van der Waals surface area contributed by atoms with Crippen LogP contribution >= 0.6 is 0 Å². The number of halogens is 3. The number of alkyl halides is 3. The average molecular weight is 269 g/mol. The van der Waals surface area contributed by atoms with Crippen LogP contribution < -0.4 is 5.32 Å². The molecule has 1 heterocycles. The maximum absolute atomic E-state index is 12.7. The van der Waals surface area contributed by atoms with Crippen LogP contribution in [0.5, 0.6) is 0 Å². The first-order valence-electron chi connectivity index (χ1n) is 5.40. The molecule has 0 saturated heterocycles. The smallest absolute Gasteiger partial charge is 0.347 e. The molecule has 0 spiro atoms. The van der Waals surface area contributed by atoms with E-state index < -0.39 is 23.2 Å². The molecule has 1 amide bonds. The summed E-state index contributed by atoms with van der Waals surface area (Å²) in [5.74, 6) is -0.775. The molecule has 0 fully saturated rings. The Bertz CT molecular complexity index is 564. The second-order valence-corrected chi connectivity index (χ2v) is 3.80. The molecule has 19 heavy (non-hydrogen) atoms. The van der Waals surface area contributed by atoms with E-state index >= 15 is 0 Å². The third-order valence-corrected chi connectivity index (χ3v) is 2.47. The molecule has 0 bridgehead atoms. The highest BCUT2D eigenvalue weighted by atomic mass is 19.4. The van der Waals surface area contributed by atoms with Crippen LogP contribution in [0.4, 0.5) is 13.2 Å². The summed E-state index contributed by atoms with van der Waals surface area (Å²) in [6, 6.07) is 4.66. The third-order valence-electron chi connectivity index (χ3n) is 2.47. The number of nitrogens with one attached hydrogen (secondary N) is 2. The van der Waals surface area contributed by atoms with Crippen LogP contribution in [0.1, 0.15) is 21.6 Å². The zero-order chi connectivity index (χ0) is 13.9. The third kappa shape index (κ3) is 3.12. The number of benzene rings is 1. The number of hydrogen-bond acceptors (Lipinski definition) is 2. The molecular formula is C12H10F3N3O. The monoisotopic (exact) mass is 269 g/mol. The summed E-state index contributed by atoms with van der Waals surface area (Å²) in [7, 11) is 0. The Morgan fingerprint density at radius 3 is 2.68 bits per heavy atom. The van der Waals surface area contributed by atoms with Gasteiger partial charge in [0.25, 0.3) is 5.91 Å². The van der Waals surface area contributed by atoms with E-state index in [-0.39, 0.29) is 6.54 Å². The first kappa shape index (κ1) is 13.1. The predicted molar refractivity (Wildman–Crippen MR) is 61.2 cm³/mol. The Morgan fingerprint density at radius 2 is 2.05 bits per heavy atom. The summed E-state index contributed by atoms with van der Waals surface area (Å²) in [4.78, 5) is 18.2. The minimum atomic E-state index is -4.55. The Hall–Kier alpha value is -2.31. The van der Waals surface area contributed by atoms with Crippen molar-refractivity contribution in [2.24, 2.45) is 0 Å². The maximum Gasteiger partial charge on any atom is 0.417 e. The molecule has 2 N–H and O–H groups in total. The average Bonchev–Trinajstić information content (AvgIpc) is 2.88. The highest BCUT2D eigenvalue weighted by molar-refractivity contribution is 5.95. The van der Waals surface area contributed by atoms with E-state index in [0.717, 1.165) is 12.1 Å². The number of rotatable bonds is 3. The van der Waals surface area contributed by atoms with Gasteiger partial charge < -0.3 is 10.3 Å². The van der Waals surface area contributed by atoms with Crippen molar-refractivity contribution in [1.82, 2.24) is 15.3 Å². The maximum atomic E-state index is 12.7. The number of carbonyl (C=O) groups is 1. The summed E-state index contributed by atoms with van der Waals surface area (Å²) in [6.07, 6.45) is -1.65. The van der Waals surface area contributed by atoms with E-state index in [4.69, 9.17) is 0 Å². The zero-order valence-electron chi connectivity index (χ0n) is 9.66.